The van der Waals surface area contributed by atoms with E-state index < -0.39 is 5.85 Å². The molecule has 2 atom stereocenters. The maximum absolute atomic E-state index is 13.1. The number of fused-ring (bicyclic) bond motifs is 4. The topological polar surface area (TPSA) is 54.4 Å². The van der Waals surface area contributed by atoms with Crippen molar-refractivity contribution in [3.05, 3.63) is 90.0 Å². The maximum Gasteiger partial charge on any atom is 0.296 e. The molecule has 1 spiro atoms. The zero-order valence-corrected chi connectivity index (χ0v) is 18.3. The number of carbonyl (C=O) groups excluding carboxylic acids is 1. The lowest BCUT2D eigenvalue weighted by atomic mass is 9.96. The molecule has 3 aliphatic rings. The van der Waals surface area contributed by atoms with Gasteiger partial charge in [0.1, 0.15) is 11.5 Å². The number of para-hydroxylation sites is 2. The molecule has 1 saturated heterocycles. The van der Waals surface area contributed by atoms with Gasteiger partial charge in [-0.05, 0) is 48.0 Å². The Labute approximate surface area is 190 Å². The van der Waals surface area contributed by atoms with Crippen LogP contribution in [0.15, 0.2) is 84.0 Å². The Hall–Kier alpha value is -3.45. The van der Waals surface area contributed by atoms with E-state index in [1.807, 2.05) is 77.8 Å². The number of hydrazone groups is 1. The molecule has 3 heterocycles. The van der Waals surface area contributed by atoms with E-state index in [0.717, 1.165) is 40.4 Å². The molecule has 0 radical (unpaired) electrons. The van der Waals surface area contributed by atoms with Crippen LogP contribution in [-0.4, -0.2) is 34.7 Å². The normalized spacial score (nSPS) is 23.6. The van der Waals surface area contributed by atoms with Crippen LogP contribution in [-0.2, 0) is 0 Å². The molecule has 160 valence electrons. The highest BCUT2D eigenvalue weighted by molar-refractivity contribution is 8.14. The van der Waals surface area contributed by atoms with Gasteiger partial charge in [0.05, 0.1) is 30.3 Å². The summed E-state index contributed by atoms with van der Waals surface area (Å²) in [4.78, 5) is 14.8. The van der Waals surface area contributed by atoms with Gasteiger partial charge in [-0.25, -0.2) is 9.91 Å². The quantitative estimate of drug-likeness (QED) is 0.552. The van der Waals surface area contributed by atoms with Gasteiger partial charge >= 0.3 is 0 Å². The van der Waals surface area contributed by atoms with Crippen LogP contribution in [0.3, 0.4) is 0 Å². The minimum atomic E-state index is -1.02. The van der Waals surface area contributed by atoms with Crippen molar-refractivity contribution >= 4 is 28.4 Å². The molecule has 3 aromatic carbocycles. The van der Waals surface area contributed by atoms with Gasteiger partial charge in [-0.2, -0.15) is 5.10 Å². The summed E-state index contributed by atoms with van der Waals surface area (Å²) in [6.07, 6.45) is 0.732. The molecule has 6 rings (SSSR count). The summed E-state index contributed by atoms with van der Waals surface area (Å²) in [6.45, 7) is 0. The summed E-state index contributed by atoms with van der Waals surface area (Å²) in [5.41, 5.74) is 3.89. The molecule has 1 fully saturated rings. The summed E-state index contributed by atoms with van der Waals surface area (Å²) in [6, 6.07) is 25.7. The van der Waals surface area contributed by atoms with Gasteiger partial charge in [0.2, 0.25) is 0 Å². The molecule has 7 heteroatoms. The van der Waals surface area contributed by atoms with Gasteiger partial charge < -0.3 is 9.47 Å². The second-order valence-corrected chi connectivity index (χ2v) is 8.87. The number of methoxy groups -OCH3 is 1. The molecule has 0 aliphatic carbocycles. The van der Waals surface area contributed by atoms with Crippen LogP contribution < -0.4 is 14.4 Å². The zero-order valence-electron chi connectivity index (χ0n) is 17.5. The van der Waals surface area contributed by atoms with Gasteiger partial charge in [-0.15, -0.1) is 0 Å². The Kier molecular flexibility index (Phi) is 4.40. The number of ether oxygens (including phenoxy) is 2. The summed E-state index contributed by atoms with van der Waals surface area (Å²) in [5, 5.41) is 7.02. The van der Waals surface area contributed by atoms with E-state index in [1.54, 1.807) is 12.0 Å². The molecule has 0 aromatic heterocycles. The fraction of sp³-hybridized carbons (Fsp3) is 0.200. The summed E-state index contributed by atoms with van der Waals surface area (Å²) >= 11 is 1.27. The summed E-state index contributed by atoms with van der Waals surface area (Å²) in [7, 11) is 1.66. The second-order valence-electron chi connectivity index (χ2n) is 7.95. The number of rotatable bonds is 3. The third-order valence-corrected chi connectivity index (χ3v) is 7.12. The number of thioether (sulfide) groups is 1. The van der Waals surface area contributed by atoms with Crippen molar-refractivity contribution in [1.82, 2.24) is 5.01 Å². The van der Waals surface area contributed by atoms with Crippen molar-refractivity contribution in [2.24, 2.45) is 5.10 Å². The Morgan fingerprint density at radius 2 is 1.78 bits per heavy atom. The van der Waals surface area contributed by atoms with Crippen molar-refractivity contribution in [2.75, 3.05) is 17.8 Å². The molecule has 0 unspecified atom stereocenters. The highest BCUT2D eigenvalue weighted by Gasteiger charge is 2.60. The Morgan fingerprint density at radius 3 is 2.56 bits per heavy atom. The Bertz CT molecular complexity index is 1210. The zero-order chi connectivity index (χ0) is 21.7. The number of benzene rings is 3. The van der Waals surface area contributed by atoms with Crippen LogP contribution in [0.4, 0.5) is 10.5 Å². The molecule has 32 heavy (non-hydrogen) atoms. The van der Waals surface area contributed by atoms with Gasteiger partial charge in [-0.1, -0.05) is 48.2 Å². The first-order valence-corrected chi connectivity index (χ1v) is 11.5. The monoisotopic (exact) mass is 443 g/mol. The van der Waals surface area contributed by atoms with E-state index in [1.165, 1.54) is 11.8 Å². The maximum atomic E-state index is 13.1. The number of carbonyl (C=O) groups is 1. The third kappa shape index (κ3) is 2.81. The van der Waals surface area contributed by atoms with Crippen LogP contribution in [0.5, 0.6) is 11.5 Å². The molecule has 0 N–H and O–H groups in total. The van der Waals surface area contributed by atoms with Gasteiger partial charge in [0.25, 0.3) is 11.1 Å². The first-order valence-electron chi connectivity index (χ1n) is 10.5. The fourth-order valence-electron chi connectivity index (χ4n) is 4.66. The molecule has 0 saturated carbocycles. The van der Waals surface area contributed by atoms with Crippen molar-refractivity contribution in [3.8, 4) is 11.5 Å². The first-order chi connectivity index (χ1) is 15.7. The van der Waals surface area contributed by atoms with Crippen LogP contribution >= 0.6 is 11.8 Å². The van der Waals surface area contributed by atoms with Crippen molar-refractivity contribution in [3.63, 3.8) is 0 Å². The van der Waals surface area contributed by atoms with E-state index in [-0.39, 0.29) is 11.3 Å². The van der Waals surface area contributed by atoms with Gasteiger partial charge in [0.15, 0.2) is 0 Å². The Balaban J connectivity index is 1.49. The van der Waals surface area contributed by atoms with E-state index in [9.17, 15) is 4.79 Å². The minimum Gasteiger partial charge on any atom is -0.497 e. The van der Waals surface area contributed by atoms with Crippen molar-refractivity contribution in [1.29, 1.82) is 0 Å². The molecule has 1 amide bonds. The molecular weight excluding hydrogens is 422 g/mol. The molecule has 3 aromatic rings. The number of nitrogens with zero attached hydrogens (tertiary/aromatic N) is 3. The van der Waals surface area contributed by atoms with Crippen LogP contribution in [0.2, 0.25) is 0 Å². The van der Waals surface area contributed by atoms with Crippen LogP contribution in [0.25, 0.3) is 0 Å². The Morgan fingerprint density at radius 1 is 1.03 bits per heavy atom. The van der Waals surface area contributed by atoms with E-state index in [2.05, 4.69) is 6.07 Å². The third-order valence-electron chi connectivity index (χ3n) is 6.17. The lowest BCUT2D eigenvalue weighted by molar-refractivity contribution is -0.0927. The van der Waals surface area contributed by atoms with E-state index >= 15 is 0 Å². The molecule has 6 nitrogen and oxygen atoms in total. The van der Waals surface area contributed by atoms with Gasteiger partial charge in [0, 0.05) is 12.0 Å². The highest BCUT2D eigenvalue weighted by Crippen LogP contribution is 2.52. The molecule has 3 aliphatic heterocycles. The van der Waals surface area contributed by atoms with Crippen LogP contribution in [0, 0.1) is 0 Å². The molecular formula is C25H21N3O3S. The number of amides is 1. The standard InChI is InChI=1S/C25H21N3O3S/c1-30-19-13-11-17(12-14-19)21-15-22-20-9-5-6-10-23(20)31-25(28(22)26-21)16-32-24(29)27(25)18-7-3-2-4-8-18/h2-14,22H,15-16H2,1H3/t22-,25-/m1/s1. The van der Waals surface area contributed by atoms with Crippen molar-refractivity contribution in [2.45, 2.75) is 18.3 Å². The highest BCUT2D eigenvalue weighted by atomic mass is 32.2. The first kappa shape index (κ1) is 19.3. The largest absolute Gasteiger partial charge is 0.497 e. The average molecular weight is 444 g/mol. The number of anilines is 1. The SMILES string of the molecule is COc1ccc(C2=NN3[C@H](C2)c2ccccc2O[C@@]32CSC(=O)N2c2ccccc2)cc1. The van der Waals surface area contributed by atoms with E-state index in [4.69, 9.17) is 14.6 Å². The lowest BCUT2D eigenvalue weighted by Gasteiger charge is -2.48. The second kappa shape index (κ2) is 7.31. The minimum absolute atomic E-state index is 0.0187. The lowest BCUT2D eigenvalue weighted by Crippen LogP contribution is -2.64. The molecule has 0 bridgehead atoms. The van der Waals surface area contributed by atoms with Crippen molar-refractivity contribution < 1.29 is 14.3 Å². The summed E-state index contributed by atoms with van der Waals surface area (Å²) in [5.74, 6) is 1.06. The smallest absolute Gasteiger partial charge is 0.296 e. The predicted octanol–water partition coefficient (Wildman–Crippen LogP) is 5.27. The number of hydrogen-bond acceptors (Lipinski definition) is 6. The van der Waals surface area contributed by atoms with Crippen LogP contribution in [0.1, 0.15) is 23.6 Å². The average Bonchev–Trinajstić information content (AvgIpc) is 3.43. The predicted molar refractivity (Wildman–Crippen MR) is 125 cm³/mol. The van der Waals surface area contributed by atoms with Gasteiger partial charge in [-0.3, -0.25) is 4.79 Å². The fourth-order valence-corrected chi connectivity index (χ4v) is 5.67. The summed E-state index contributed by atoms with van der Waals surface area (Å²) < 4.78 is 11.9. The van der Waals surface area contributed by atoms with E-state index in [0.29, 0.717) is 5.75 Å². The number of hydrogen-bond donors (Lipinski definition) is 0.